The Morgan fingerprint density at radius 3 is 2.70 bits per heavy atom. The van der Waals surface area contributed by atoms with E-state index in [-0.39, 0.29) is 27.3 Å². The Hall–Kier alpha value is -0.570. The van der Waals surface area contributed by atoms with Crippen LogP contribution >= 0.6 is 26.6 Å². The average molecular weight is 387 g/mol. The van der Waals surface area contributed by atoms with Crippen molar-refractivity contribution in [3.8, 4) is 0 Å². The van der Waals surface area contributed by atoms with Gasteiger partial charge in [0.1, 0.15) is 4.90 Å². The maximum atomic E-state index is 12.3. The van der Waals surface area contributed by atoms with Gasteiger partial charge in [0.05, 0.1) is 6.61 Å². The summed E-state index contributed by atoms with van der Waals surface area (Å²) in [6, 6.07) is 1.30. The molecule has 0 aromatic carbocycles. The first kappa shape index (κ1) is 15.8. The van der Waals surface area contributed by atoms with E-state index in [4.69, 9.17) is 19.8 Å². The molecule has 1 saturated carbocycles. The molecule has 0 N–H and O–H groups in total. The molecule has 9 heteroatoms. The molecule has 2 rings (SSSR count). The predicted octanol–water partition coefficient (Wildman–Crippen LogP) is 2.22. The van der Waals surface area contributed by atoms with Gasteiger partial charge in [-0.15, -0.1) is 0 Å². The van der Waals surface area contributed by atoms with Crippen LogP contribution in [-0.4, -0.2) is 45.5 Å². The van der Waals surface area contributed by atoms with Crippen molar-refractivity contribution in [3.05, 3.63) is 16.5 Å². The molecule has 1 aliphatic carbocycles. The van der Waals surface area contributed by atoms with Crippen molar-refractivity contribution in [1.82, 2.24) is 4.90 Å². The van der Waals surface area contributed by atoms with Crippen molar-refractivity contribution < 1.29 is 22.4 Å². The summed E-state index contributed by atoms with van der Waals surface area (Å²) in [4.78, 5) is 13.7. The number of ether oxygens (including phenoxy) is 1. The van der Waals surface area contributed by atoms with Crippen molar-refractivity contribution in [2.24, 2.45) is 0 Å². The number of carbonyl (C=O) groups is 1. The molecule has 1 aromatic heterocycles. The Balaban J connectivity index is 2.23. The first-order valence-corrected chi connectivity index (χ1v) is 8.98. The molecule has 1 fully saturated rings. The molecule has 0 unspecified atom stereocenters. The van der Waals surface area contributed by atoms with E-state index in [1.165, 1.54) is 0 Å². The molecule has 0 bridgehead atoms. The van der Waals surface area contributed by atoms with Crippen LogP contribution in [0.3, 0.4) is 0 Å². The molecule has 6 nitrogen and oxygen atoms in total. The molecule has 20 heavy (non-hydrogen) atoms. The van der Waals surface area contributed by atoms with Crippen LogP contribution < -0.4 is 0 Å². The number of amides is 1. The number of furan rings is 1. The summed E-state index contributed by atoms with van der Waals surface area (Å²) in [7, 11) is 2.85. The normalized spacial score (nSPS) is 15.3. The average Bonchev–Trinajstić information content (AvgIpc) is 3.10. The molecule has 0 radical (unpaired) electrons. The van der Waals surface area contributed by atoms with Crippen LogP contribution in [0.4, 0.5) is 0 Å². The Labute approximate surface area is 129 Å². The van der Waals surface area contributed by atoms with Crippen LogP contribution in [0.2, 0.25) is 0 Å². The number of hydrogen-bond donors (Lipinski definition) is 0. The van der Waals surface area contributed by atoms with Crippen LogP contribution in [0.5, 0.6) is 0 Å². The lowest BCUT2D eigenvalue weighted by atomic mass is 10.3. The molecule has 1 heterocycles. The smallest absolute Gasteiger partial charge is 0.289 e. The Morgan fingerprint density at radius 2 is 2.25 bits per heavy atom. The van der Waals surface area contributed by atoms with Crippen molar-refractivity contribution in [1.29, 1.82) is 0 Å². The van der Waals surface area contributed by atoms with Crippen molar-refractivity contribution in [2.75, 3.05) is 20.3 Å². The zero-order valence-electron chi connectivity index (χ0n) is 10.6. The Kier molecular flexibility index (Phi) is 4.78. The second-order valence-electron chi connectivity index (χ2n) is 4.41. The van der Waals surface area contributed by atoms with E-state index in [1.54, 1.807) is 12.0 Å². The minimum Gasteiger partial charge on any atom is -0.443 e. The Morgan fingerprint density at radius 1 is 1.60 bits per heavy atom. The van der Waals surface area contributed by atoms with E-state index in [1.807, 2.05) is 0 Å². The van der Waals surface area contributed by atoms with Crippen molar-refractivity contribution >= 4 is 41.6 Å². The van der Waals surface area contributed by atoms with Gasteiger partial charge in [0.2, 0.25) is 0 Å². The topological polar surface area (TPSA) is 76.8 Å². The third kappa shape index (κ3) is 3.55. The molecular weight excluding hydrogens is 374 g/mol. The van der Waals surface area contributed by atoms with E-state index >= 15 is 0 Å². The summed E-state index contributed by atoms with van der Waals surface area (Å²) in [6.07, 6.45) is 1.86. The fourth-order valence-electron chi connectivity index (χ4n) is 1.79. The molecule has 0 spiro atoms. The lowest BCUT2D eigenvalue weighted by Gasteiger charge is -2.20. The highest BCUT2D eigenvalue weighted by molar-refractivity contribution is 9.10. The Bertz CT molecular complexity index is 610. The summed E-state index contributed by atoms with van der Waals surface area (Å²) in [6.45, 7) is 0.839. The third-order valence-corrected chi connectivity index (χ3v) is 5.09. The molecule has 1 aromatic rings. The SMILES string of the molecule is COCCN(C(=O)c1cc(S(=O)(=O)Cl)c(Br)o1)C1CC1. The number of rotatable bonds is 6. The third-order valence-electron chi connectivity index (χ3n) is 2.91. The standard InChI is InChI=1S/C11H13BrClNO5S/c1-18-5-4-14(7-2-3-7)11(15)8-6-9(10(12)19-8)20(13,16)17/h6-7H,2-5H2,1H3. The van der Waals surface area contributed by atoms with E-state index < -0.39 is 9.05 Å². The minimum absolute atomic E-state index is 0.0564. The zero-order chi connectivity index (χ0) is 14.9. The number of carbonyl (C=O) groups excluding carboxylic acids is 1. The summed E-state index contributed by atoms with van der Waals surface area (Å²) in [5, 5.41) is 0. The van der Waals surface area contributed by atoms with E-state index in [0.29, 0.717) is 13.2 Å². The van der Waals surface area contributed by atoms with Crippen LogP contribution in [0.1, 0.15) is 23.4 Å². The molecule has 112 valence electrons. The van der Waals surface area contributed by atoms with Crippen molar-refractivity contribution in [3.63, 3.8) is 0 Å². The van der Waals surface area contributed by atoms with Gasteiger partial charge in [-0.2, -0.15) is 0 Å². The predicted molar refractivity (Wildman–Crippen MR) is 75.4 cm³/mol. The van der Waals surface area contributed by atoms with Gasteiger partial charge >= 0.3 is 0 Å². The lowest BCUT2D eigenvalue weighted by Crippen LogP contribution is -2.35. The van der Waals surface area contributed by atoms with E-state index in [2.05, 4.69) is 15.9 Å². The maximum absolute atomic E-state index is 12.3. The summed E-state index contributed by atoms with van der Waals surface area (Å²) < 4.78 is 32.7. The van der Waals surface area contributed by atoms with Crippen LogP contribution in [0.25, 0.3) is 0 Å². The number of hydrogen-bond acceptors (Lipinski definition) is 5. The first-order valence-electron chi connectivity index (χ1n) is 5.88. The molecule has 0 atom stereocenters. The fourth-order valence-corrected chi connectivity index (χ4v) is 3.82. The zero-order valence-corrected chi connectivity index (χ0v) is 13.8. The van der Waals surface area contributed by atoms with Crippen LogP contribution in [0.15, 0.2) is 20.0 Å². The van der Waals surface area contributed by atoms with Gasteiger partial charge in [-0.25, -0.2) is 8.42 Å². The second kappa shape index (κ2) is 6.05. The number of nitrogens with zero attached hydrogens (tertiary/aromatic N) is 1. The first-order chi connectivity index (χ1) is 9.34. The van der Waals surface area contributed by atoms with Crippen LogP contribution in [0, 0.1) is 0 Å². The number of halogens is 2. The maximum Gasteiger partial charge on any atom is 0.289 e. The van der Waals surface area contributed by atoms with E-state index in [9.17, 15) is 13.2 Å². The van der Waals surface area contributed by atoms with Gasteiger partial charge in [0.25, 0.3) is 15.0 Å². The van der Waals surface area contributed by atoms with Gasteiger partial charge < -0.3 is 14.1 Å². The highest BCUT2D eigenvalue weighted by Gasteiger charge is 2.35. The molecule has 1 aliphatic rings. The van der Waals surface area contributed by atoms with Gasteiger partial charge in [-0.3, -0.25) is 4.79 Å². The summed E-state index contributed by atoms with van der Waals surface area (Å²) in [5.74, 6) is -0.420. The molecule has 0 saturated heterocycles. The lowest BCUT2D eigenvalue weighted by molar-refractivity contribution is 0.0648. The van der Waals surface area contributed by atoms with Crippen molar-refractivity contribution in [2.45, 2.75) is 23.8 Å². The van der Waals surface area contributed by atoms with Gasteiger partial charge in [0, 0.05) is 36.4 Å². The quantitative estimate of drug-likeness (QED) is 0.701. The summed E-state index contributed by atoms with van der Waals surface area (Å²) in [5.41, 5.74) is 0. The highest BCUT2D eigenvalue weighted by atomic mass is 79.9. The number of methoxy groups -OCH3 is 1. The molecule has 1 amide bonds. The largest absolute Gasteiger partial charge is 0.443 e. The summed E-state index contributed by atoms with van der Waals surface area (Å²) >= 11 is 2.95. The minimum atomic E-state index is -3.96. The van der Waals surface area contributed by atoms with Gasteiger partial charge in [-0.1, -0.05) is 0 Å². The molecular formula is C11H13BrClNO5S. The van der Waals surface area contributed by atoms with Crippen LogP contribution in [-0.2, 0) is 13.8 Å². The van der Waals surface area contributed by atoms with Gasteiger partial charge in [0.15, 0.2) is 10.4 Å². The second-order valence-corrected chi connectivity index (χ2v) is 7.66. The van der Waals surface area contributed by atoms with E-state index in [0.717, 1.165) is 18.9 Å². The van der Waals surface area contributed by atoms with Gasteiger partial charge in [-0.05, 0) is 28.8 Å². The molecule has 0 aliphatic heterocycles. The highest BCUT2D eigenvalue weighted by Crippen LogP contribution is 2.32. The monoisotopic (exact) mass is 385 g/mol. The fraction of sp³-hybridized carbons (Fsp3) is 0.545.